The van der Waals surface area contributed by atoms with Crippen LogP contribution in [-0.4, -0.2) is 23.6 Å². The van der Waals surface area contributed by atoms with Gasteiger partial charge in [0.05, 0.1) is 13.0 Å². The first-order valence-electron chi connectivity index (χ1n) is 9.82. The van der Waals surface area contributed by atoms with E-state index in [0.29, 0.717) is 18.3 Å². The Kier molecular flexibility index (Phi) is 10.8. The lowest BCUT2D eigenvalue weighted by Gasteiger charge is -2.31. The first-order valence-corrected chi connectivity index (χ1v) is 10.9. The molecule has 0 aromatic heterocycles. The SMILES string of the molecule is CC(C)=C1CCC(C)C(SCCC(=O)OCCCCCC(C)C)C1. The summed E-state index contributed by atoms with van der Waals surface area (Å²) in [4.78, 5) is 11.8. The van der Waals surface area contributed by atoms with E-state index >= 15 is 0 Å². The van der Waals surface area contributed by atoms with E-state index in [1.54, 1.807) is 5.57 Å². The Morgan fingerprint density at radius 1 is 1.25 bits per heavy atom. The normalized spacial score (nSPS) is 21.2. The highest BCUT2D eigenvalue weighted by molar-refractivity contribution is 7.99. The van der Waals surface area contributed by atoms with Gasteiger partial charge in [0.25, 0.3) is 0 Å². The lowest BCUT2D eigenvalue weighted by atomic mass is 9.85. The Balaban J connectivity index is 2.11. The van der Waals surface area contributed by atoms with Crippen LogP contribution >= 0.6 is 11.8 Å². The molecule has 0 aromatic carbocycles. The van der Waals surface area contributed by atoms with Crippen molar-refractivity contribution in [2.75, 3.05) is 12.4 Å². The van der Waals surface area contributed by atoms with Crippen LogP contribution in [0, 0.1) is 11.8 Å². The monoisotopic (exact) mass is 354 g/mol. The summed E-state index contributed by atoms with van der Waals surface area (Å²) < 4.78 is 5.36. The number of carbonyl (C=O) groups excluding carboxylic acids is 1. The molecule has 3 heteroatoms. The molecule has 1 rings (SSSR count). The number of carbonyl (C=O) groups is 1. The summed E-state index contributed by atoms with van der Waals surface area (Å²) in [5, 5.41) is 0.674. The Morgan fingerprint density at radius 2 is 2.00 bits per heavy atom. The predicted molar refractivity (Wildman–Crippen MR) is 107 cm³/mol. The molecule has 0 N–H and O–H groups in total. The molecule has 0 bridgehead atoms. The summed E-state index contributed by atoms with van der Waals surface area (Å²) in [6, 6.07) is 0. The molecule has 0 radical (unpaired) electrons. The molecule has 2 unspecified atom stereocenters. The Hall–Kier alpha value is -0.440. The summed E-state index contributed by atoms with van der Waals surface area (Å²) in [6.45, 7) is 11.9. The standard InChI is InChI=1S/C21H38O2S/c1-16(2)9-7-6-8-13-23-21(22)12-14-24-20-15-19(17(3)4)11-10-18(20)5/h16,18,20H,6-15H2,1-5H3. The Morgan fingerprint density at radius 3 is 2.67 bits per heavy atom. The lowest BCUT2D eigenvalue weighted by Crippen LogP contribution is -2.22. The Labute approximate surface area is 154 Å². The van der Waals surface area contributed by atoms with Crippen molar-refractivity contribution in [3.05, 3.63) is 11.1 Å². The van der Waals surface area contributed by atoms with Gasteiger partial charge in [-0.3, -0.25) is 4.79 Å². The molecular weight excluding hydrogens is 316 g/mol. The number of unbranched alkanes of at least 4 members (excludes halogenated alkanes) is 2. The number of hydrogen-bond donors (Lipinski definition) is 0. The van der Waals surface area contributed by atoms with Crippen LogP contribution in [0.25, 0.3) is 0 Å². The zero-order valence-corrected chi connectivity index (χ0v) is 17.3. The third kappa shape index (κ3) is 9.15. The number of rotatable bonds is 10. The molecule has 0 saturated heterocycles. The highest BCUT2D eigenvalue weighted by Crippen LogP contribution is 2.37. The van der Waals surface area contributed by atoms with Crippen molar-refractivity contribution in [2.45, 2.75) is 91.2 Å². The van der Waals surface area contributed by atoms with Crippen LogP contribution in [0.15, 0.2) is 11.1 Å². The van der Waals surface area contributed by atoms with E-state index in [0.717, 1.165) is 24.0 Å². The van der Waals surface area contributed by atoms with Gasteiger partial charge in [-0.1, -0.05) is 51.2 Å². The van der Waals surface area contributed by atoms with E-state index in [4.69, 9.17) is 4.74 Å². The second-order valence-corrected chi connectivity index (χ2v) is 9.29. The summed E-state index contributed by atoms with van der Waals surface area (Å²) in [5.74, 6) is 2.42. The van der Waals surface area contributed by atoms with Gasteiger partial charge in [-0.25, -0.2) is 0 Å². The smallest absolute Gasteiger partial charge is 0.306 e. The van der Waals surface area contributed by atoms with Gasteiger partial charge in [0.1, 0.15) is 0 Å². The van der Waals surface area contributed by atoms with Crippen molar-refractivity contribution >= 4 is 17.7 Å². The highest BCUT2D eigenvalue weighted by atomic mass is 32.2. The first kappa shape index (κ1) is 21.6. The molecule has 2 atom stereocenters. The van der Waals surface area contributed by atoms with Crippen LogP contribution in [0.3, 0.4) is 0 Å². The summed E-state index contributed by atoms with van der Waals surface area (Å²) in [6.07, 6.45) is 9.02. The molecule has 140 valence electrons. The number of allylic oxidation sites excluding steroid dienone is 2. The van der Waals surface area contributed by atoms with Gasteiger partial charge in [-0.2, -0.15) is 11.8 Å². The topological polar surface area (TPSA) is 26.3 Å². The van der Waals surface area contributed by atoms with Gasteiger partial charge >= 0.3 is 5.97 Å². The van der Waals surface area contributed by atoms with Gasteiger partial charge in [0, 0.05) is 11.0 Å². The van der Waals surface area contributed by atoms with Gasteiger partial charge in [-0.05, 0) is 51.4 Å². The zero-order valence-electron chi connectivity index (χ0n) is 16.5. The number of thioether (sulfide) groups is 1. The minimum absolute atomic E-state index is 0.0164. The average molecular weight is 355 g/mol. The quantitative estimate of drug-likeness (QED) is 0.258. The van der Waals surface area contributed by atoms with Crippen molar-refractivity contribution in [1.29, 1.82) is 0 Å². The van der Waals surface area contributed by atoms with Crippen molar-refractivity contribution in [1.82, 2.24) is 0 Å². The van der Waals surface area contributed by atoms with Crippen LogP contribution in [0.1, 0.15) is 86.0 Å². The molecule has 0 amide bonds. The predicted octanol–water partition coefficient (Wildman–Crippen LogP) is 6.39. The van der Waals surface area contributed by atoms with E-state index in [-0.39, 0.29) is 5.97 Å². The molecular formula is C21H38O2S. The summed E-state index contributed by atoms with van der Waals surface area (Å²) >= 11 is 1.97. The summed E-state index contributed by atoms with van der Waals surface area (Å²) in [5.41, 5.74) is 3.12. The average Bonchev–Trinajstić information content (AvgIpc) is 2.52. The van der Waals surface area contributed by atoms with E-state index in [1.807, 2.05) is 11.8 Å². The molecule has 0 heterocycles. The van der Waals surface area contributed by atoms with E-state index < -0.39 is 0 Å². The van der Waals surface area contributed by atoms with Crippen LogP contribution in [0.4, 0.5) is 0 Å². The second kappa shape index (κ2) is 12.0. The molecule has 1 fully saturated rings. The fraction of sp³-hybridized carbons (Fsp3) is 0.857. The van der Waals surface area contributed by atoms with Crippen LogP contribution in [-0.2, 0) is 9.53 Å². The van der Waals surface area contributed by atoms with Crippen molar-refractivity contribution in [3.8, 4) is 0 Å². The fourth-order valence-corrected chi connectivity index (χ4v) is 4.57. The fourth-order valence-electron chi connectivity index (χ4n) is 3.19. The van der Waals surface area contributed by atoms with Gasteiger partial charge in [0.2, 0.25) is 0 Å². The summed E-state index contributed by atoms with van der Waals surface area (Å²) in [7, 11) is 0. The minimum atomic E-state index is -0.0164. The zero-order chi connectivity index (χ0) is 17.9. The molecule has 1 aliphatic rings. The van der Waals surface area contributed by atoms with Gasteiger partial charge in [-0.15, -0.1) is 0 Å². The third-order valence-corrected chi connectivity index (χ3v) is 6.52. The number of esters is 1. The van der Waals surface area contributed by atoms with E-state index in [1.165, 1.54) is 44.1 Å². The maximum absolute atomic E-state index is 11.8. The van der Waals surface area contributed by atoms with Crippen molar-refractivity contribution in [3.63, 3.8) is 0 Å². The molecule has 24 heavy (non-hydrogen) atoms. The molecule has 0 aliphatic heterocycles. The molecule has 1 saturated carbocycles. The van der Waals surface area contributed by atoms with Crippen molar-refractivity contribution < 1.29 is 9.53 Å². The van der Waals surface area contributed by atoms with E-state index in [9.17, 15) is 4.79 Å². The molecule has 0 aromatic rings. The molecule has 0 spiro atoms. The van der Waals surface area contributed by atoms with Crippen molar-refractivity contribution in [2.24, 2.45) is 11.8 Å². The van der Waals surface area contributed by atoms with Crippen LogP contribution < -0.4 is 0 Å². The number of ether oxygens (including phenoxy) is 1. The lowest BCUT2D eigenvalue weighted by molar-refractivity contribution is -0.143. The first-order chi connectivity index (χ1) is 11.4. The van der Waals surface area contributed by atoms with Crippen LogP contribution in [0.2, 0.25) is 0 Å². The maximum Gasteiger partial charge on any atom is 0.306 e. The minimum Gasteiger partial charge on any atom is -0.466 e. The molecule has 1 aliphatic carbocycles. The largest absolute Gasteiger partial charge is 0.466 e. The van der Waals surface area contributed by atoms with Gasteiger partial charge < -0.3 is 4.74 Å². The maximum atomic E-state index is 11.8. The van der Waals surface area contributed by atoms with Crippen LogP contribution in [0.5, 0.6) is 0 Å². The number of hydrogen-bond acceptors (Lipinski definition) is 3. The van der Waals surface area contributed by atoms with E-state index in [2.05, 4.69) is 34.6 Å². The second-order valence-electron chi connectivity index (χ2n) is 7.95. The third-order valence-electron chi connectivity index (χ3n) is 5.02. The highest BCUT2D eigenvalue weighted by Gasteiger charge is 2.25. The van der Waals surface area contributed by atoms with Gasteiger partial charge in [0.15, 0.2) is 0 Å². The Bertz CT molecular complexity index is 397. The molecule has 2 nitrogen and oxygen atoms in total.